The molecule has 2 aromatic heterocycles. The SMILES string of the molecule is N#Cc1ccc2[nH]c(OC(=O)CC(O)(CC(=O)O)C(=O)O)c(-c3ccc(CN4CCOCC4)cn3)c2c1. The third-order valence-corrected chi connectivity index (χ3v) is 5.98. The third-order valence-electron chi connectivity index (χ3n) is 5.98. The van der Waals surface area contributed by atoms with E-state index in [2.05, 4.69) is 20.9 Å². The van der Waals surface area contributed by atoms with Crippen molar-refractivity contribution in [3.05, 3.63) is 47.7 Å². The standard InChI is InChI=1S/C25H24N4O8/c26-12-15-1-3-18-17(9-15)22(19-4-2-16(13-27-19)14-29-5-7-36-8-6-29)23(28-18)37-21(32)11-25(35,24(33)34)10-20(30)31/h1-4,9,13,28,35H,5-8,10-11,14H2,(H,30,31)(H,33,34). The maximum absolute atomic E-state index is 12.6. The van der Waals surface area contributed by atoms with Gasteiger partial charge in [-0.05, 0) is 29.8 Å². The summed E-state index contributed by atoms with van der Waals surface area (Å²) in [5.41, 5.74) is -0.222. The van der Waals surface area contributed by atoms with Gasteiger partial charge in [0.1, 0.15) is 0 Å². The maximum Gasteiger partial charge on any atom is 0.336 e. The van der Waals surface area contributed by atoms with Crippen LogP contribution in [0.1, 0.15) is 24.0 Å². The number of nitrogens with one attached hydrogen (secondary N) is 1. The molecular formula is C25H24N4O8. The van der Waals surface area contributed by atoms with Gasteiger partial charge in [0.25, 0.3) is 0 Å². The molecule has 1 aliphatic rings. The summed E-state index contributed by atoms with van der Waals surface area (Å²) in [7, 11) is 0. The van der Waals surface area contributed by atoms with Gasteiger partial charge in [-0.15, -0.1) is 0 Å². The van der Waals surface area contributed by atoms with Crippen molar-refractivity contribution in [2.24, 2.45) is 0 Å². The van der Waals surface area contributed by atoms with Crippen LogP contribution < -0.4 is 4.74 Å². The first kappa shape index (κ1) is 25.8. The Bertz CT molecular complexity index is 1370. The fourth-order valence-electron chi connectivity index (χ4n) is 4.10. The van der Waals surface area contributed by atoms with Crippen molar-refractivity contribution in [3.8, 4) is 23.2 Å². The Morgan fingerprint density at radius 3 is 2.54 bits per heavy atom. The van der Waals surface area contributed by atoms with Crippen LogP contribution in [0.2, 0.25) is 0 Å². The van der Waals surface area contributed by atoms with E-state index >= 15 is 0 Å². The number of hydrogen-bond acceptors (Lipinski definition) is 9. The topological polar surface area (TPSA) is 186 Å². The normalized spacial score (nSPS) is 15.6. The Kier molecular flexibility index (Phi) is 7.49. The number of rotatable bonds is 9. The molecule has 37 heavy (non-hydrogen) atoms. The van der Waals surface area contributed by atoms with Crippen LogP contribution in [-0.2, 0) is 25.7 Å². The number of carboxylic acids is 2. The van der Waals surface area contributed by atoms with E-state index in [1.54, 1.807) is 30.5 Å². The Morgan fingerprint density at radius 2 is 1.92 bits per heavy atom. The van der Waals surface area contributed by atoms with E-state index in [-0.39, 0.29) is 5.88 Å². The Balaban J connectivity index is 1.65. The van der Waals surface area contributed by atoms with E-state index in [1.807, 2.05) is 6.07 Å². The van der Waals surface area contributed by atoms with Crippen LogP contribution >= 0.6 is 0 Å². The molecule has 1 saturated heterocycles. The summed E-state index contributed by atoms with van der Waals surface area (Å²) in [5, 5.41) is 38.3. The number of nitriles is 1. The highest BCUT2D eigenvalue weighted by molar-refractivity contribution is 6.00. The van der Waals surface area contributed by atoms with Gasteiger partial charge in [-0.2, -0.15) is 5.26 Å². The van der Waals surface area contributed by atoms with Crippen molar-refractivity contribution in [1.29, 1.82) is 5.26 Å². The summed E-state index contributed by atoms with van der Waals surface area (Å²) in [5.74, 6) is -4.69. The van der Waals surface area contributed by atoms with Crippen LogP contribution in [-0.4, -0.2) is 80.0 Å². The predicted octanol–water partition coefficient (Wildman–Crippen LogP) is 1.52. The quantitative estimate of drug-likeness (QED) is 0.307. The summed E-state index contributed by atoms with van der Waals surface area (Å²) in [6, 6.07) is 10.5. The number of aromatic nitrogens is 2. The number of carbonyl (C=O) groups is 3. The number of morpholine rings is 1. The molecule has 1 atom stereocenters. The second-order valence-corrected chi connectivity index (χ2v) is 8.70. The molecule has 1 aromatic carbocycles. The van der Waals surface area contributed by atoms with Crippen LogP contribution in [0.15, 0.2) is 36.5 Å². The minimum absolute atomic E-state index is 0.0772. The number of carbonyl (C=O) groups excluding carboxylic acids is 1. The lowest BCUT2D eigenvalue weighted by Gasteiger charge is -2.26. The third kappa shape index (κ3) is 5.92. The second kappa shape index (κ2) is 10.8. The molecule has 1 aliphatic heterocycles. The number of aliphatic carboxylic acids is 2. The molecule has 0 amide bonds. The molecule has 0 bridgehead atoms. The van der Waals surface area contributed by atoms with Gasteiger partial charge in [-0.1, -0.05) is 6.07 Å². The zero-order valence-electron chi connectivity index (χ0n) is 19.6. The lowest BCUT2D eigenvalue weighted by Crippen LogP contribution is -2.43. The van der Waals surface area contributed by atoms with Gasteiger partial charge < -0.3 is 29.8 Å². The molecule has 1 fully saturated rings. The fraction of sp³-hybridized carbons (Fsp3) is 0.320. The van der Waals surface area contributed by atoms with Crippen LogP contribution in [0, 0.1) is 11.3 Å². The molecule has 0 saturated carbocycles. The average molecular weight is 508 g/mol. The second-order valence-electron chi connectivity index (χ2n) is 8.70. The minimum atomic E-state index is -2.84. The van der Waals surface area contributed by atoms with Crippen molar-refractivity contribution in [2.45, 2.75) is 25.0 Å². The van der Waals surface area contributed by atoms with Crippen molar-refractivity contribution in [2.75, 3.05) is 26.3 Å². The molecule has 4 N–H and O–H groups in total. The molecule has 1 unspecified atom stereocenters. The highest BCUT2D eigenvalue weighted by atomic mass is 16.5. The Labute approximate surface area is 210 Å². The summed E-state index contributed by atoms with van der Waals surface area (Å²) in [6.45, 7) is 3.64. The molecule has 3 aromatic rings. The molecule has 0 radical (unpaired) electrons. The van der Waals surface area contributed by atoms with Crippen molar-refractivity contribution >= 4 is 28.8 Å². The predicted molar refractivity (Wildman–Crippen MR) is 127 cm³/mol. The molecule has 3 heterocycles. The van der Waals surface area contributed by atoms with Crippen LogP contribution in [0.25, 0.3) is 22.2 Å². The zero-order chi connectivity index (χ0) is 26.6. The number of pyridine rings is 1. The first-order valence-corrected chi connectivity index (χ1v) is 11.4. The average Bonchev–Trinajstić information content (AvgIpc) is 3.21. The largest absolute Gasteiger partial charge is 0.481 e. The van der Waals surface area contributed by atoms with Crippen LogP contribution in [0.5, 0.6) is 5.88 Å². The van der Waals surface area contributed by atoms with E-state index in [0.29, 0.717) is 47.5 Å². The van der Waals surface area contributed by atoms with Crippen molar-refractivity contribution < 1.29 is 39.2 Å². The van der Waals surface area contributed by atoms with Crippen molar-refractivity contribution in [1.82, 2.24) is 14.9 Å². The summed E-state index contributed by atoms with van der Waals surface area (Å²) >= 11 is 0. The van der Waals surface area contributed by atoms with Gasteiger partial charge in [0.15, 0.2) is 5.60 Å². The van der Waals surface area contributed by atoms with Crippen molar-refractivity contribution in [3.63, 3.8) is 0 Å². The van der Waals surface area contributed by atoms with Gasteiger partial charge >= 0.3 is 17.9 Å². The summed E-state index contributed by atoms with van der Waals surface area (Å²) in [6.07, 6.45) is -0.590. The summed E-state index contributed by atoms with van der Waals surface area (Å²) in [4.78, 5) is 44.8. The highest BCUT2D eigenvalue weighted by Gasteiger charge is 2.42. The molecule has 0 aliphatic carbocycles. The lowest BCUT2D eigenvalue weighted by molar-refractivity contribution is -0.169. The highest BCUT2D eigenvalue weighted by Crippen LogP contribution is 2.37. The number of fused-ring (bicyclic) bond motifs is 1. The number of aromatic amines is 1. The number of hydrogen-bond donors (Lipinski definition) is 4. The van der Waals surface area contributed by atoms with E-state index in [0.717, 1.165) is 18.7 Å². The van der Waals surface area contributed by atoms with Gasteiger partial charge in [0.05, 0.1) is 48.9 Å². The molecule has 192 valence electrons. The Morgan fingerprint density at radius 1 is 1.16 bits per heavy atom. The van der Waals surface area contributed by atoms with Crippen LogP contribution in [0.3, 0.4) is 0 Å². The summed E-state index contributed by atoms with van der Waals surface area (Å²) < 4.78 is 10.8. The smallest absolute Gasteiger partial charge is 0.336 e. The van der Waals surface area contributed by atoms with Gasteiger partial charge in [-0.3, -0.25) is 19.5 Å². The van der Waals surface area contributed by atoms with Gasteiger partial charge in [-0.25, -0.2) is 4.79 Å². The number of nitrogens with zero attached hydrogens (tertiary/aromatic N) is 3. The first-order chi connectivity index (χ1) is 17.7. The maximum atomic E-state index is 12.6. The number of benzene rings is 1. The molecule has 12 heteroatoms. The Hall–Kier alpha value is -4.31. The number of aliphatic hydroxyl groups is 1. The number of carboxylic acid groups (broad SMARTS) is 2. The molecule has 0 spiro atoms. The van der Waals surface area contributed by atoms with E-state index in [4.69, 9.17) is 14.6 Å². The number of ether oxygens (including phenoxy) is 2. The molecule has 12 nitrogen and oxygen atoms in total. The molecule has 4 rings (SSSR count). The minimum Gasteiger partial charge on any atom is -0.481 e. The first-order valence-electron chi connectivity index (χ1n) is 11.4. The number of H-pyrrole nitrogens is 1. The fourth-order valence-corrected chi connectivity index (χ4v) is 4.10. The lowest BCUT2D eigenvalue weighted by atomic mass is 9.96. The van der Waals surface area contributed by atoms with E-state index in [1.165, 1.54) is 0 Å². The van der Waals surface area contributed by atoms with E-state index < -0.39 is 36.4 Å². The molecular weight excluding hydrogens is 484 g/mol. The van der Waals surface area contributed by atoms with Crippen LogP contribution in [0.4, 0.5) is 0 Å². The van der Waals surface area contributed by atoms with Gasteiger partial charge in [0.2, 0.25) is 5.88 Å². The monoisotopic (exact) mass is 508 g/mol. The van der Waals surface area contributed by atoms with E-state index in [9.17, 15) is 29.9 Å². The number of esters is 1. The zero-order valence-corrected chi connectivity index (χ0v) is 19.6. The van der Waals surface area contributed by atoms with Gasteiger partial charge in [0, 0.05) is 36.7 Å².